The maximum Gasteiger partial charge on any atom is 0.339 e. The fraction of sp³-hybridized carbons (Fsp3) is 0.462. The largest absolute Gasteiger partial charge is 0.478 e. The SMILES string of the molecule is CCCS(=O)(=O)Nc1cccc(NS(=O)(=O)CCC)c1C(=O)O. The Hall–Kier alpha value is -1.81. The first-order chi connectivity index (χ1) is 10.6. The van der Waals surface area contributed by atoms with Gasteiger partial charge >= 0.3 is 5.97 Å². The molecule has 0 aromatic heterocycles. The Morgan fingerprint density at radius 2 is 1.35 bits per heavy atom. The molecule has 0 aliphatic rings. The molecule has 0 saturated heterocycles. The molecule has 130 valence electrons. The minimum atomic E-state index is -3.70. The van der Waals surface area contributed by atoms with Crippen LogP contribution in [-0.4, -0.2) is 39.4 Å². The maximum atomic E-state index is 11.8. The normalized spacial score (nSPS) is 11.9. The lowest BCUT2D eigenvalue weighted by Gasteiger charge is -2.15. The highest BCUT2D eigenvalue weighted by Gasteiger charge is 2.21. The van der Waals surface area contributed by atoms with Crippen molar-refractivity contribution in [3.05, 3.63) is 23.8 Å². The minimum absolute atomic E-state index is 0.169. The molecule has 0 atom stereocenters. The van der Waals surface area contributed by atoms with Crippen molar-refractivity contribution in [2.75, 3.05) is 20.9 Å². The number of sulfonamides is 2. The van der Waals surface area contributed by atoms with Gasteiger partial charge in [-0.05, 0) is 25.0 Å². The van der Waals surface area contributed by atoms with Crippen LogP contribution < -0.4 is 9.44 Å². The fourth-order valence-corrected chi connectivity index (χ4v) is 4.22. The number of rotatable bonds is 9. The summed E-state index contributed by atoms with van der Waals surface area (Å²) in [6, 6.07) is 3.92. The van der Waals surface area contributed by atoms with Gasteiger partial charge in [-0.25, -0.2) is 21.6 Å². The highest BCUT2D eigenvalue weighted by atomic mass is 32.2. The zero-order valence-corrected chi connectivity index (χ0v) is 14.5. The monoisotopic (exact) mass is 364 g/mol. The van der Waals surface area contributed by atoms with E-state index in [2.05, 4.69) is 9.44 Å². The van der Waals surface area contributed by atoms with E-state index < -0.39 is 31.6 Å². The second-order valence-corrected chi connectivity index (χ2v) is 8.56. The van der Waals surface area contributed by atoms with Gasteiger partial charge in [0.25, 0.3) is 0 Å². The Balaban J connectivity index is 3.30. The molecule has 0 fully saturated rings. The van der Waals surface area contributed by atoms with Crippen molar-refractivity contribution >= 4 is 37.4 Å². The first kappa shape index (κ1) is 19.2. The lowest BCUT2D eigenvalue weighted by atomic mass is 10.1. The van der Waals surface area contributed by atoms with Crippen LogP contribution >= 0.6 is 0 Å². The van der Waals surface area contributed by atoms with Crippen LogP contribution in [0.25, 0.3) is 0 Å². The van der Waals surface area contributed by atoms with Crippen LogP contribution in [0.15, 0.2) is 18.2 Å². The van der Waals surface area contributed by atoms with Gasteiger partial charge in [-0.15, -0.1) is 0 Å². The predicted octanol–water partition coefficient (Wildman–Crippen LogP) is 1.69. The van der Waals surface area contributed by atoms with Gasteiger partial charge < -0.3 is 5.11 Å². The Bertz CT molecular complexity index is 715. The van der Waals surface area contributed by atoms with Crippen LogP contribution in [0.5, 0.6) is 0 Å². The molecule has 0 saturated carbocycles. The maximum absolute atomic E-state index is 11.8. The second kappa shape index (κ2) is 7.64. The molecule has 0 unspecified atom stereocenters. The zero-order chi connectivity index (χ0) is 17.7. The second-order valence-electron chi connectivity index (χ2n) is 4.88. The van der Waals surface area contributed by atoms with Crippen molar-refractivity contribution in [3.8, 4) is 0 Å². The van der Waals surface area contributed by atoms with Crippen molar-refractivity contribution in [1.82, 2.24) is 0 Å². The van der Waals surface area contributed by atoms with Gasteiger partial charge in [0.05, 0.1) is 22.9 Å². The van der Waals surface area contributed by atoms with Crippen LogP contribution in [0, 0.1) is 0 Å². The van der Waals surface area contributed by atoms with Gasteiger partial charge in [-0.2, -0.15) is 0 Å². The Kier molecular flexibility index (Phi) is 6.39. The number of benzene rings is 1. The molecule has 23 heavy (non-hydrogen) atoms. The molecule has 0 aliphatic carbocycles. The summed E-state index contributed by atoms with van der Waals surface area (Å²) < 4.78 is 51.7. The van der Waals surface area contributed by atoms with E-state index in [1.54, 1.807) is 13.8 Å². The smallest absolute Gasteiger partial charge is 0.339 e. The third kappa shape index (κ3) is 5.71. The molecule has 0 heterocycles. The predicted molar refractivity (Wildman–Crippen MR) is 88.8 cm³/mol. The van der Waals surface area contributed by atoms with E-state index in [0.717, 1.165) is 0 Å². The quantitative estimate of drug-likeness (QED) is 0.611. The number of nitrogens with one attached hydrogen (secondary N) is 2. The van der Waals surface area contributed by atoms with Gasteiger partial charge in [0.1, 0.15) is 5.56 Å². The summed E-state index contributed by atoms with van der Waals surface area (Å²) in [4.78, 5) is 11.5. The van der Waals surface area contributed by atoms with E-state index in [9.17, 15) is 26.7 Å². The molecule has 0 bridgehead atoms. The molecule has 1 rings (SSSR count). The number of carboxylic acid groups (broad SMARTS) is 1. The molecule has 1 aromatic carbocycles. The molecule has 0 aliphatic heterocycles. The van der Waals surface area contributed by atoms with Crippen LogP contribution in [0.4, 0.5) is 11.4 Å². The van der Waals surface area contributed by atoms with E-state index in [1.807, 2.05) is 0 Å². The molecule has 3 N–H and O–H groups in total. The van der Waals surface area contributed by atoms with Gasteiger partial charge in [0.2, 0.25) is 20.0 Å². The summed E-state index contributed by atoms with van der Waals surface area (Å²) in [5.41, 5.74) is -0.794. The summed E-state index contributed by atoms with van der Waals surface area (Å²) in [6.45, 7) is 3.35. The summed E-state index contributed by atoms with van der Waals surface area (Å²) in [5, 5.41) is 9.33. The first-order valence-corrected chi connectivity index (χ1v) is 10.3. The number of carbonyl (C=O) groups is 1. The van der Waals surface area contributed by atoms with E-state index in [1.165, 1.54) is 18.2 Å². The van der Waals surface area contributed by atoms with Gasteiger partial charge in [-0.3, -0.25) is 9.44 Å². The standard InChI is InChI=1S/C13H20N2O6S2/c1-3-8-22(18,19)14-10-6-5-7-11(12(10)13(16)17)15-23(20,21)9-4-2/h5-7,14-15H,3-4,8-9H2,1-2H3,(H,16,17). The van der Waals surface area contributed by atoms with Gasteiger partial charge in [0.15, 0.2) is 0 Å². The Morgan fingerprint density at radius 1 is 0.957 bits per heavy atom. The Morgan fingerprint density at radius 3 is 1.65 bits per heavy atom. The highest BCUT2D eigenvalue weighted by Crippen LogP contribution is 2.26. The zero-order valence-electron chi connectivity index (χ0n) is 12.9. The molecule has 0 amide bonds. The summed E-state index contributed by atoms with van der Waals surface area (Å²) >= 11 is 0. The fourth-order valence-electron chi connectivity index (χ4n) is 1.93. The molecule has 1 aromatic rings. The number of hydrogen-bond acceptors (Lipinski definition) is 5. The van der Waals surface area contributed by atoms with Crippen LogP contribution in [0.2, 0.25) is 0 Å². The van der Waals surface area contributed by atoms with Crippen LogP contribution in [0.1, 0.15) is 37.0 Å². The third-order valence-corrected chi connectivity index (χ3v) is 5.71. The summed E-state index contributed by atoms with van der Waals surface area (Å²) in [5.74, 6) is -1.77. The van der Waals surface area contributed by atoms with E-state index in [4.69, 9.17) is 0 Å². The average Bonchev–Trinajstić information content (AvgIpc) is 2.36. The van der Waals surface area contributed by atoms with Crippen LogP contribution in [-0.2, 0) is 20.0 Å². The van der Waals surface area contributed by atoms with Crippen molar-refractivity contribution in [3.63, 3.8) is 0 Å². The molecule has 10 heteroatoms. The molecular formula is C13H20N2O6S2. The van der Waals surface area contributed by atoms with Crippen LogP contribution in [0.3, 0.4) is 0 Å². The minimum Gasteiger partial charge on any atom is -0.478 e. The molecule has 0 spiro atoms. The number of carboxylic acids is 1. The first-order valence-electron chi connectivity index (χ1n) is 6.99. The van der Waals surface area contributed by atoms with Crippen molar-refractivity contribution in [2.24, 2.45) is 0 Å². The number of anilines is 2. The van der Waals surface area contributed by atoms with E-state index >= 15 is 0 Å². The summed E-state index contributed by atoms with van der Waals surface area (Å²) in [7, 11) is -7.40. The number of hydrogen-bond donors (Lipinski definition) is 3. The van der Waals surface area contributed by atoms with Crippen molar-refractivity contribution in [2.45, 2.75) is 26.7 Å². The van der Waals surface area contributed by atoms with Gasteiger partial charge in [-0.1, -0.05) is 19.9 Å². The third-order valence-electron chi connectivity index (χ3n) is 2.75. The molecule has 0 radical (unpaired) electrons. The molecule has 8 nitrogen and oxygen atoms in total. The molecular weight excluding hydrogens is 344 g/mol. The highest BCUT2D eigenvalue weighted by molar-refractivity contribution is 7.93. The van der Waals surface area contributed by atoms with Crippen molar-refractivity contribution < 1.29 is 26.7 Å². The van der Waals surface area contributed by atoms with Gasteiger partial charge in [0, 0.05) is 0 Å². The van der Waals surface area contributed by atoms with Crippen molar-refractivity contribution in [1.29, 1.82) is 0 Å². The van der Waals surface area contributed by atoms with E-state index in [-0.39, 0.29) is 22.9 Å². The number of aromatic carboxylic acids is 1. The van der Waals surface area contributed by atoms with E-state index in [0.29, 0.717) is 12.8 Å². The Labute approximate surface area is 136 Å². The average molecular weight is 364 g/mol. The summed E-state index contributed by atoms with van der Waals surface area (Å²) in [6.07, 6.45) is 0.723. The topological polar surface area (TPSA) is 130 Å². The lowest BCUT2D eigenvalue weighted by Crippen LogP contribution is -2.21. The lowest BCUT2D eigenvalue weighted by molar-refractivity contribution is 0.0699.